The highest BCUT2D eigenvalue weighted by Gasteiger charge is 2.25. The summed E-state index contributed by atoms with van der Waals surface area (Å²) in [6, 6.07) is 3.49. The van der Waals surface area contributed by atoms with Gasteiger partial charge >= 0.3 is 0 Å². The average Bonchev–Trinajstić information content (AvgIpc) is 2.27. The highest BCUT2D eigenvalue weighted by Crippen LogP contribution is 2.25. The molecule has 0 aliphatic heterocycles. The summed E-state index contributed by atoms with van der Waals surface area (Å²) in [7, 11) is -1.85. The van der Waals surface area contributed by atoms with Gasteiger partial charge in [-0.2, -0.15) is 4.31 Å². The molecule has 5 heteroatoms. The molecule has 0 heterocycles. The molecule has 0 saturated carbocycles. The summed E-state index contributed by atoms with van der Waals surface area (Å²) in [5.74, 6) is 0.319. The first kappa shape index (κ1) is 15.5. The van der Waals surface area contributed by atoms with Crippen LogP contribution in [0.15, 0.2) is 17.0 Å². The van der Waals surface area contributed by atoms with E-state index in [1.54, 1.807) is 13.1 Å². The Morgan fingerprint density at radius 3 is 2.22 bits per heavy atom. The highest BCUT2D eigenvalue weighted by molar-refractivity contribution is 7.89. The van der Waals surface area contributed by atoms with Gasteiger partial charge in [0.25, 0.3) is 0 Å². The molecule has 18 heavy (non-hydrogen) atoms. The molecule has 1 aromatic rings. The monoisotopic (exact) mass is 289 g/mol. The summed E-state index contributed by atoms with van der Waals surface area (Å²) in [5.41, 5.74) is 2.64. The van der Waals surface area contributed by atoms with Crippen LogP contribution < -0.4 is 0 Å². The van der Waals surface area contributed by atoms with E-state index in [9.17, 15) is 8.42 Å². The van der Waals surface area contributed by atoms with E-state index in [0.717, 1.165) is 16.7 Å². The Morgan fingerprint density at radius 1 is 1.22 bits per heavy atom. The van der Waals surface area contributed by atoms with Gasteiger partial charge in [0, 0.05) is 19.0 Å². The van der Waals surface area contributed by atoms with Crippen LogP contribution in [0.3, 0.4) is 0 Å². The Hall–Kier alpha value is -0.580. The Labute approximate surface area is 115 Å². The third kappa shape index (κ3) is 2.87. The molecule has 102 valence electrons. The lowest BCUT2D eigenvalue weighted by molar-refractivity contribution is 0.410. The number of alkyl halides is 1. The summed E-state index contributed by atoms with van der Waals surface area (Å²) < 4.78 is 26.3. The van der Waals surface area contributed by atoms with Crippen LogP contribution in [0.1, 0.15) is 30.5 Å². The second-order valence-corrected chi connectivity index (χ2v) is 7.03. The first-order valence-electron chi connectivity index (χ1n) is 5.86. The van der Waals surface area contributed by atoms with E-state index in [1.807, 2.05) is 33.8 Å². The number of benzene rings is 1. The normalized spacial score (nSPS) is 12.4. The van der Waals surface area contributed by atoms with Gasteiger partial charge < -0.3 is 0 Å². The fraction of sp³-hybridized carbons (Fsp3) is 0.538. The Morgan fingerprint density at radius 2 is 1.78 bits per heavy atom. The minimum absolute atomic E-state index is 0.0739. The molecule has 0 saturated heterocycles. The molecule has 0 atom stereocenters. The van der Waals surface area contributed by atoms with Gasteiger partial charge in [0.2, 0.25) is 10.0 Å². The van der Waals surface area contributed by atoms with Crippen molar-refractivity contribution in [3.05, 3.63) is 28.8 Å². The van der Waals surface area contributed by atoms with Gasteiger partial charge in [-0.1, -0.05) is 6.07 Å². The number of sulfonamides is 1. The molecule has 0 aromatic heterocycles. The van der Waals surface area contributed by atoms with E-state index in [0.29, 0.717) is 10.8 Å². The summed E-state index contributed by atoms with van der Waals surface area (Å²) in [4.78, 5) is 0.347. The molecule has 3 nitrogen and oxygen atoms in total. The number of halogens is 1. The van der Waals surface area contributed by atoms with Crippen LogP contribution in [0, 0.1) is 13.8 Å². The molecule has 1 aromatic carbocycles. The van der Waals surface area contributed by atoms with Gasteiger partial charge in [-0.05, 0) is 50.5 Å². The molecule has 0 fully saturated rings. The highest BCUT2D eigenvalue weighted by atomic mass is 35.5. The first-order valence-corrected chi connectivity index (χ1v) is 7.83. The Balaban J connectivity index is 3.42. The van der Waals surface area contributed by atoms with Crippen LogP contribution in [0.2, 0.25) is 0 Å². The molecule has 0 aliphatic rings. The van der Waals surface area contributed by atoms with Gasteiger partial charge in [0.15, 0.2) is 0 Å². The maximum absolute atomic E-state index is 12.5. The van der Waals surface area contributed by atoms with Gasteiger partial charge in [-0.25, -0.2) is 8.42 Å². The van der Waals surface area contributed by atoms with E-state index < -0.39 is 10.0 Å². The predicted octanol–water partition coefficient (Wildman–Crippen LogP) is 3.07. The van der Waals surface area contributed by atoms with E-state index in [4.69, 9.17) is 11.6 Å². The van der Waals surface area contributed by atoms with Crippen molar-refractivity contribution >= 4 is 21.6 Å². The number of hydrogen-bond donors (Lipinski definition) is 0. The van der Waals surface area contributed by atoms with Gasteiger partial charge in [0.05, 0.1) is 4.90 Å². The second-order valence-electron chi connectivity index (χ2n) is 4.79. The van der Waals surface area contributed by atoms with Crippen molar-refractivity contribution in [1.29, 1.82) is 0 Å². The van der Waals surface area contributed by atoms with E-state index in [2.05, 4.69) is 0 Å². The molecule has 0 spiro atoms. The Kier molecular flexibility index (Phi) is 4.81. The standard InChI is InChI=1S/C13H20ClNO2S/c1-9(2)15(5)18(16,17)13-7-12(8-14)10(3)6-11(13)4/h6-7,9H,8H2,1-5H3. The quantitative estimate of drug-likeness (QED) is 0.799. The summed E-state index contributed by atoms with van der Waals surface area (Å²) in [6.45, 7) is 7.45. The fourth-order valence-electron chi connectivity index (χ4n) is 1.73. The SMILES string of the molecule is Cc1cc(C)c(S(=O)(=O)N(C)C(C)C)cc1CCl. The number of rotatable bonds is 4. The van der Waals surface area contributed by atoms with Crippen LogP contribution in [-0.4, -0.2) is 25.8 Å². The minimum Gasteiger partial charge on any atom is -0.207 e. The third-order valence-electron chi connectivity index (χ3n) is 3.16. The molecule has 0 amide bonds. The van der Waals surface area contributed by atoms with Crippen LogP contribution >= 0.6 is 11.6 Å². The largest absolute Gasteiger partial charge is 0.243 e. The molecule has 1 rings (SSSR count). The molecule has 0 bridgehead atoms. The predicted molar refractivity (Wildman–Crippen MR) is 75.6 cm³/mol. The van der Waals surface area contributed by atoms with Crippen molar-refractivity contribution < 1.29 is 8.42 Å². The lowest BCUT2D eigenvalue weighted by Crippen LogP contribution is -2.33. The van der Waals surface area contributed by atoms with Crippen molar-refractivity contribution in [1.82, 2.24) is 4.31 Å². The third-order valence-corrected chi connectivity index (χ3v) is 5.63. The zero-order valence-corrected chi connectivity index (χ0v) is 13.1. The number of aryl methyl sites for hydroxylation is 2. The van der Waals surface area contributed by atoms with Crippen LogP contribution in [0.4, 0.5) is 0 Å². The number of nitrogens with zero attached hydrogens (tertiary/aromatic N) is 1. The van der Waals surface area contributed by atoms with Crippen LogP contribution in [-0.2, 0) is 15.9 Å². The topological polar surface area (TPSA) is 37.4 Å². The lowest BCUT2D eigenvalue weighted by Gasteiger charge is -2.22. The van der Waals surface area contributed by atoms with Crippen molar-refractivity contribution in [2.75, 3.05) is 7.05 Å². The van der Waals surface area contributed by atoms with Crippen LogP contribution in [0.25, 0.3) is 0 Å². The van der Waals surface area contributed by atoms with Crippen molar-refractivity contribution in [2.45, 2.75) is 44.5 Å². The van der Waals surface area contributed by atoms with E-state index in [1.165, 1.54) is 4.31 Å². The van der Waals surface area contributed by atoms with Gasteiger partial charge in [0.1, 0.15) is 0 Å². The molecule has 0 N–H and O–H groups in total. The zero-order chi connectivity index (χ0) is 14.1. The molecule has 0 aliphatic carbocycles. The molecular formula is C13H20ClNO2S. The summed E-state index contributed by atoms with van der Waals surface area (Å²) in [6.07, 6.45) is 0. The molecular weight excluding hydrogens is 270 g/mol. The average molecular weight is 290 g/mol. The fourth-order valence-corrected chi connectivity index (χ4v) is 3.64. The molecule has 0 radical (unpaired) electrons. The molecule has 0 unspecified atom stereocenters. The minimum atomic E-state index is -3.44. The van der Waals surface area contributed by atoms with Gasteiger partial charge in [-0.15, -0.1) is 11.6 Å². The smallest absolute Gasteiger partial charge is 0.207 e. The number of hydrogen-bond acceptors (Lipinski definition) is 2. The maximum atomic E-state index is 12.5. The second kappa shape index (κ2) is 5.59. The van der Waals surface area contributed by atoms with E-state index >= 15 is 0 Å². The van der Waals surface area contributed by atoms with Crippen molar-refractivity contribution in [3.8, 4) is 0 Å². The lowest BCUT2D eigenvalue weighted by atomic mass is 10.1. The Bertz CT molecular complexity index is 538. The first-order chi connectivity index (χ1) is 8.21. The van der Waals surface area contributed by atoms with Crippen molar-refractivity contribution in [3.63, 3.8) is 0 Å². The van der Waals surface area contributed by atoms with Gasteiger partial charge in [-0.3, -0.25) is 0 Å². The summed E-state index contributed by atoms with van der Waals surface area (Å²) >= 11 is 5.84. The zero-order valence-electron chi connectivity index (χ0n) is 11.5. The van der Waals surface area contributed by atoms with Crippen LogP contribution in [0.5, 0.6) is 0 Å². The summed E-state index contributed by atoms with van der Waals surface area (Å²) in [5, 5.41) is 0. The van der Waals surface area contributed by atoms with Crippen molar-refractivity contribution in [2.24, 2.45) is 0 Å². The maximum Gasteiger partial charge on any atom is 0.243 e. The van der Waals surface area contributed by atoms with E-state index in [-0.39, 0.29) is 6.04 Å².